The number of carbonyl (C=O) groups excluding carboxylic acids is 3. The van der Waals surface area contributed by atoms with Crippen molar-refractivity contribution in [2.24, 2.45) is 0 Å². The van der Waals surface area contributed by atoms with Gasteiger partial charge in [-0.05, 0) is 44.9 Å². The average molecular weight is 832 g/mol. The molecule has 0 fully saturated rings. The Morgan fingerprint density at radius 2 is 0.949 bits per heavy atom. The van der Waals surface area contributed by atoms with Gasteiger partial charge in [0, 0.05) is 19.3 Å². The number of likely N-dealkylation sites (N-methyl/N-ethyl adjacent to an activating group) is 1. The van der Waals surface area contributed by atoms with Crippen LogP contribution in [-0.4, -0.2) is 75.5 Å². The molecule has 0 spiro atoms. The molecule has 0 aliphatic carbocycles. The fraction of sp³-hybridized carbons (Fsp3) is 0.824. The number of esters is 2. The number of aliphatic carboxylic acids is 1. The lowest BCUT2D eigenvalue weighted by Gasteiger charge is -2.34. The first-order valence-corrected chi connectivity index (χ1v) is 24.5. The molecule has 344 valence electrons. The van der Waals surface area contributed by atoms with E-state index in [-0.39, 0.29) is 42.7 Å². The molecule has 0 radical (unpaired) electrons. The van der Waals surface area contributed by atoms with E-state index in [1.165, 1.54) is 116 Å². The summed E-state index contributed by atoms with van der Waals surface area (Å²) >= 11 is 0. The standard InChI is InChI=1S/C51H93NO7/c1-6-8-10-12-14-16-18-20-22-24-25-26-28-29-31-33-35-37-39-41-49(53)58-46-47(45-57-44-43-48(51(55)56)52(3,4)5)59-50(54)42-40-38-36-34-32-30-27-23-21-19-17-15-13-11-9-7-2/h9,11,15,17,21,23,47-48H,6-8,10,12-14,16,18-20,22,24-46H2,1-5H3/b11-9+,17-15+,23-21+. The van der Waals surface area contributed by atoms with Crippen molar-refractivity contribution in [3.05, 3.63) is 36.5 Å². The van der Waals surface area contributed by atoms with Crippen LogP contribution in [0.5, 0.6) is 0 Å². The molecule has 8 heteroatoms. The van der Waals surface area contributed by atoms with Crippen molar-refractivity contribution in [3.8, 4) is 0 Å². The third kappa shape index (κ3) is 40.7. The summed E-state index contributed by atoms with van der Waals surface area (Å²) in [6.07, 6.45) is 48.8. The number of carbonyl (C=O) groups is 3. The van der Waals surface area contributed by atoms with Crippen molar-refractivity contribution >= 4 is 17.9 Å². The molecule has 0 amide bonds. The van der Waals surface area contributed by atoms with Crippen LogP contribution in [0.4, 0.5) is 0 Å². The summed E-state index contributed by atoms with van der Waals surface area (Å²) in [5.41, 5.74) is 0. The van der Waals surface area contributed by atoms with Gasteiger partial charge in [0.05, 0.1) is 40.3 Å². The first kappa shape index (κ1) is 56.5. The molecule has 2 unspecified atom stereocenters. The monoisotopic (exact) mass is 832 g/mol. The van der Waals surface area contributed by atoms with Gasteiger partial charge in [-0.25, -0.2) is 0 Å². The maximum atomic E-state index is 12.7. The lowest BCUT2D eigenvalue weighted by molar-refractivity contribution is -0.889. The van der Waals surface area contributed by atoms with Gasteiger partial charge in [0.1, 0.15) is 12.6 Å². The maximum absolute atomic E-state index is 12.7. The highest BCUT2D eigenvalue weighted by Crippen LogP contribution is 2.16. The van der Waals surface area contributed by atoms with Crippen molar-refractivity contribution in [2.45, 2.75) is 231 Å². The molecular formula is C51H93NO7. The Labute approximate surface area is 364 Å². The molecule has 0 aromatic rings. The Bertz CT molecular complexity index is 1060. The van der Waals surface area contributed by atoms with Crippen LogP contribution in [0.1, 0.15) is 219 Å². The Morgan fingerprint density at radius 3 is 1.41 bits per heavy atom. The van der Waals surface area contributed by atoms with Gasteiger partial charge < -0.3 is 28.6 Å². The molecule has 8 nitrogen and oxygen atoms in total. The molecule has 0 heterocycles. The molecule has 59 heavy (non-hydrogen) atoms. The number of unbranched alkanes of at least 4 members (excludes halogenated alkanes) is 24. The average Bonchev–Trinajstić information content (AvgIpc) is 3.19. The number of hydrogen-bond donors (Lipinski definition) is 0. The minimum atomic E-state index is -1.13. The second-order valence-electron chi connectivity index (χ2n) is 17.7. The highest BCUT2D eigenvalue weighted by atomic mass is 16.6. The molecule has 0 bridgehead atoms. The van der Waals surface area contributed by atoms with Crippen molar-refractivity contribution in [3.63, 3.8) is 0 Å². The molecule has 0 aliphatic rings. The predicted octanol–water partition coefficient (Wildman–Crippen LogP) is 12.5. The molecule has 2 atom stereocenters. The molecule has 0 aromatic carbocycles. The normalized spacial score (nSPS) is 13.2. The number of rotatable bonds is 44. The topological polar surface area (TPSA) is 102 Å². The second kappa shape index (κ2) is 42.2. The Kier molecular flexibility index (Phi) is 40.5. The fourth-order valence-electron chi connectivity index (χ4n) is 7.26. The van der Waals surface area contributed by atoms with E-state index in [0.29, 0.717) is 12.8 Å². The summed E-state index contributed by atoms with van der Waals surface area (Å²) in [4.78, 5) is 37.0. The number of carboxylic acids is 1. The van der Waals surface area contributed by atoms with Crippen molar-refractivity contribution in [1.29, 1.82) is 0 Å². The first-order valence-electron chi connectivity index (χ1n) is 24.5. The zero-order valence-electron chi connectivity index (χ0n) is 39.2. The summed E-state index contributed by atoms with van der Waals surface area (Å²) in [6.45, 7) is 4.57. The number of allylic oxidation sites excluding steroid dienone is 6. The van der Waals surface area contributed by atoms with Crippen molar-refractivity contribution in [2.75, 3.05) is 41.0 Å². The highest BCUT2D eigenvalue weighted by molar-refractivity contribution is 5.70. The van der Waals surface area contributed by atoms with Crippen molar-refractivity contribution < 1.29 is 38.2 Å². The fourth-order valence-corrected chi connectivity index (χ4v) is 7.26. The molecular weight excluding hydrogens is 739 g/mol. The van der Waals surface area contributed by atoms with Crippen LogP contribution >= 0.6 is 0 Å². The number of ether oxygens (including phenoxy) is 3. The number of carboxylic acid groups (broad SMARTS) is 1. The summed E-state index contributed by atoms with van der Waals surface area (Å²) in [5.74, 6) is -1.74. The van der Waals surface area contributed by atoms with Gasteiger partial charge in [-0.3, -0.25) is 9.59 Å². The van der Waals surface area contributed by atoms with Crippen LogP contribution in [0.15, 0.2) is 36.5 Å². The van der Waals surface area contributed by atoms with E-state index in [0.717, 1.165) is 70.6 Å². The van der Waals surface area contributed by atoms with E-state index in [1.807, 2.05) is 0 Å². The number of hydrogen-bond acceptors (Lipinski definition) is 7. The largest absolute Gasteiger partial charge is 0.544 e. The van der Waals surface area contributed by atoms with Gasteiger partial charge in [-0.1, -0.05) is 192 Å². The molecule has 0 rings (SSSR count). The van der Waals surface area contributed by atoms with Crippen LogP contribution in [0, 0.1) is 0 Å². The van der Waals surface area contributed by atoms with Crippen LogP contribution in [0.2, 0.25) is 0 Å². The van der Waals surface area contributed by atoms with Gasteiger partial charge in [0.15, 0.2) is 6.10 Å². The van der Waals surface area contributed by atoms with Gasteiger partial charge in [0.25, 0.3) is 0 Å². The lowest BCUT2D eigenvalue weighted by Crippen LogP contribution is -2.55. The zero-order chi connectivity index (χ0) is 43.5. The highest BCUT2D eigenvalue weighted by Gasteiger charge is 2.25. The van der Waals surface area contributed by atoms with Gasteiger partial charge in [-0.15, -0.1) is 0 Å². The van der Waals surface area contributed by atoms with Gasteiger partial charge in [0.2, 0.25) is 0 Å². The lowest BCUT2D eigenvalue weighted by atomic mass is 10.0. The predicted molar refractivity (Wildman–Crippen MR) is 245 cm³/mol. The third-order valence-electron chi connectivity index (χ3n) is 11.0. The van der Waals surface area contributed by atoms with E-state index in [2.05, 4.69) is 50.3 Å². The number of quaternary nitrogens is 1. The van der Waals surface area contributed by atoms with E-state index >= 15 is 0 Å². The third-order valence-corrected chi connectivity index (χ3v) is 11.0. The SMILES string of the molecule is CC/C=C/C/C=C/C/C=C/CCCCCCCCC(=O)OC(COCCC(C(=O)[O-])[N+](C)(C)C)COC(=O)CCCCCCCCCCCCCCCCCCCCC. The molecule has 0 aromatic heterocycles. The van der Waals surface area contributed by atoms with Crippen LogP contribution < -0.4 is 5.11 Å². The Hall–Kier alpha value is -2.45. The van der Waals surface area contributed by atoms with E-state index < -0.39 is 18.1 Å². The molecule has 0 aliphatic heterocycles. The van der Waals surface area contributed by atoms with Gasteiger partial charge >= 0.3 is 11.9 Å². The van der Waals surface area contributed by atoms with Crippen LogP contribution in [-0.2, 0) is 28.6 Å². The van der Waals surface area contributed by atoms with E-state index in [9.17, 15) is 19.5 Å². The maximum Gasteiger partial charge on any atom is 0.306 e. The summed E-state index contributed by atoms with van der Waals surface area (Å²) < 4.78 is 17.2. The quantitative estimate of drug-likeness (QED) is 0.0261. The van der Waals surface area contributed by atoms with E-state index in [4.69, 9.17) is 14.2 Å². The summed E-state index contributed by atoms with van der Waals surface area (Å²) in [7, 11) is 5.41. The minimum Gasteiger partial charge on any atom is -0.544 e. The molecule has 0 saturated heterocycles. The smallest absolute Gasteiger partial charge is 0.306 e. The van der Waals surface area contributed by atoms with E-state index in [1.54, 1.807) is 21.1 Å². The van der Waals surface area contributed by atoms with Crippen molar-refractivity contribution in [1.82, 2.24) is 0 Å². The summed E-state index contributed by atoms with van der Waals surface area (Å²) in [5, 5.41) is 11.6. The van der Waals surface area contributed by atoms with Gasteiger partial charge in [-0.2, -0.15) is 0 Å². The van der Waals surface area contributed by atoms with Crippen LogP contribution in [0.25, 0.3) is 0 Å². The summed E-state index contributed by atoms with van der Waals surface area (Å²) in [6, 6.07) is -0.727. The zero-order valence-corrected chi connectivity index (χ0v) is 39.2. The first-order chi connectivity index (χ1) is 28.6. The van der Waals surface area contributed by atoms with Crippen LogP contribution in [0.3, 0.4) is 0 Å². The Morgan fingerprint density at radius 1 is 0.525 bits per heavy atom. The minimum absolute atomic E-state index is 0.0379. The Balaban J connectivity index is 4.25. The molecule has 0 N–H and O–H groups in total. The molecule has 0 saturated carbocycles. The number of nitrogens with zero attached hydrogens (tertiary/aromatic N) is 1. The second-order valence-corrected chi connectivity index (χ2v) is 17.7.